The van der Waals surface area contributed by atoms with Crippen LogP contribution in [0.4, 0.5) is 11.4 Å². The minimum absolute atomic E-state index is 0.00636. The van der Waals surface area contributed by atoms with E-state index in [9.17, 15) is 4.79 Å². The van der Waals surface area contributed by atoms with Crippen LogP contribution in [-0.4, -0.2) is 25.6 Å². The Bertz CT molecular complexity index is 682. The van der Waals surface area contributed by atoms with Crippen LogP contribution in [0.15, 0.2) is 48.5 Å². The van der Waals surface area contributed by atoms with Gasteiger partial charge in [-0.1, -0.05) is 18.2 Å². The summed E-state index contributed by atoms with van der Waals surface area (Å²) in [6.45, 7) is 2.87. The summed E-state index contributed by atoms with van der Waals surface area (Å²) in [6.07, 6.45) is 2.16. The molecule has 2 aromatic carbocycles. The molecule has 0 aliphatic carbocycles. The number of hydrogen-bond acceptors (Lipinski definition) is 3. The number of fused-ring (bicyclic) bond motifs is 1. The van der Waals surface area contributed by atoms with Gasteiger partial charge in [0.15, 0.2) is 0 Å². The Balaban J connectivity index is 1.72. The van der Waals surface area contributed by atoms with Crippen LogP contribution in [-0.2, 0) is 11.2 Å². The van der Waals surface area contributed by atoms with Gasteiger partial charge >= 0.3 is 0 Å². The maximum atomic E-state index is 12.6. The van der Waals surface area contributed by atoms with Crippen molar-refractivity contribution in [2.45, 2.75) is 25.8 Å². The average molecular weight is 310 g/mol. The van der Waals surface area contributed by atoms with Crippen LogP contribution in [0.1, 0.15) is 18.9 Å². The van der Waals surface area contributed by atoms with Gasteiger partial charge in [-0.2, -0.15) is 0 Å². The lowest BCUT2D eigenvalue weighted by atomic mass is 10.00. The summed E-state index contributed by atoms with van der Waals surface area (Å²) in [5.41, 5.74) is 3.28. The normalized spacial score (nSPS) is 14.8. The first-order valence-corrected chi connectivity index (χ1v) is 7.98. The van der Waals surface area contributed by atoms with Gasteiger partial charge in [0.2, 0.25) is 5.91 Å². The van der Waals surface area contributed by atoms with Crippen LogP contribution < -0.4 is 15.0 Å². The Morgan fingerprint density at radius 1 is 1.17 bits per heavy atom. The van der Waals surface area contributed by atoms with Crippen molar-refractivity contribution >= 4 is 17.3 Å². The summed E-state index contributed by atoms with van der Waals surface area (Å²) in [7, 11) is 1.63. The molecule has 1 aliphatic heterocycles. The number of anilines is 2. The van der Waals surface area contributed by atoms with E-state index in [4.69, 9.17) is 4.74 Å². The number of rotatable bonds is 4. The van der Waals surface area contributed by atoms with Crippen molar-refractivity contribution < 1.29 is 9.53 Å². The first kappa shape index (κ1) is 15.4. The third-order valence-corrected chi connectivity index (χ3v) is 4.35. The number of aryl methyl sites for hydroxylation is 1. The molecule has 1 aliphatic rings. The SMILES string of the molecule is COc1ccc(NC(=O)[C@@H](C)N2CCCc3ccccc32)cc1. The van der Waals surface area contributed by atoms with Crippen LogP contribution in [0.3, 0.4) is 0 Å². The second-order valence-corrected chi connectivity index (χ2v) is 5.82. The highest BCUT2D eigenvalue weighted by Gasteiger charge is 2.25. The molecule has 4 nitrogen and oxygen atoms in total. The molecule has 1 atom stereocenters. The van der Waals surface area contributed by atoms with Gasteiger partial charge in [-0.15, -0.1) is 0 Å². The largest absolute Gasteiger partial charge is 0.497 e. The Hall–Kier alpha value is -2.49. The van der Waals surface area contributed by atoms with Crippen LogP contribution >= 0.6 is 0 Å². The Morgan fingerprint density at radius 3 is 2.65 bits per heavy atom. The minimum Gasteiger partial charge on any atom is -0.497 e. The molecule has 120 valence electrons. The van der Waals surface area contributed by atoms with E-state index >= 15 is 0 Å². The van der Waals surface area contributed by atoms with Crippen molar-refractivity contribution in [3.63, 3.8) is 0 Å². The second kappa shape index (κ2) is 6.73. The van der Waals surface area contributed by atoms with E-state index in [-0.39, 0.29) is 11.9 Å². The van der Waals surface area contributed by atoms with E-state index in [0.29, 0.717) is 0 Å². The number of methoxy groups -OCH3 is 1. The van der Waals surface area contributed by atoms with Gasteiger partial charge < -0.3 is 15.0 Å². The molecule has 23 heavy (non-hydrogen) atoms. The standard InChI is InChI=1S/C19H22N2O2/c1-14(19(22)20-16-9-11-17(23-2)12-10-16)21-13-5-7-15-6-3-4-8-18(15)21/h3-4,6,8-12,14H,5,7,13H2,1-2H3,(H,20,22)/t14-/m1/s1. The van der Waals surface area contributed by atoms with Crippen LogP contribution in [0.2, 0.25) is 0 Å². The van der Waals surface area contributed by atoms with E-state index in [0.717, 1.165) is 30.8 Å². The van der Waals surface area contributed by atoms with Gasteiger partial charge in [0.1, 0.15) is 11.8 Å². The highest BCUT2D eigenvalue weighted by atomic mass is 16.5. The topological polar surface area (TPSA) is 41.6 Å². The van der Waals surface area contributed by atoms with Crippen molar-refractivity contribution in [2.75, 3.05) is 23.9 Å². The van der Waals surface area contributed by atoms with Crippen molar-refractivity contribution in [1.29, 1.82) is 0 Å². The number of nitrogens with zero attached hydrogens (tertiary/aromatic N) is 1. The van der Waals surface area contributed by atoms with Gasteiger partial charge in [-0.25, -0.2) is 0 Å². The highest BCUT2D eigenvalue weighted by Crippen LogP contribution is 2.28. The number of hydrogen-bond donors (Lipinski definition) is 1. The summed E-state index contributed by atoms with van der Waals surface area (Å²) in [6, 6.07) is 15.5. The lowest BCUT2D eigenvalue weighted by Crippen LogP contribution is -2.44. The molecule has 4 heteroatoms. The molecule has 1 amide bonds. The number of amides is 1. The summed E-state index contributed by atoms with van der Waals surface area (Å²) in [4.78, 5) is 14.8. The summed E-state index contributed by atoms with van der Waals surface area (Å²) in [5.74, 6) is 0.785. The lowest BCUT2D eigenvalue weighted by Gasteiger charge is -2.35. The van der Waals surface area contributed by atoms with Crippen molar-refractivity contribution in [3.05, 3.63) is 54.1 Å². The minimum atomic E-state index is -0.210. The zero-order valence-corrected chi connectivity index (χ0v) is 13.6. The number of carbonyl (C=O) groups excluding carboxylic acids is 1. The molecule has 0 radical (unpaired) electrons. The van der Waals surface area contributed by atoms with Gasteiger partial charge in [0, 0.05) is 17.9 Å². The molecule has 3 rings (SSSR count). The summed E-state index contributed by atoms with van der Waals surface area (Å²) < 4.78 is 5.13. The first-order valence-electron chi connectivity index (χ1n) is 7.98. The predicted octanol–water partition coefficient (Wildman–Crippen LogP) is 3.48. The maximum Gasteiger partial charge on any atom is 0.246 e. The quantitative estimate of drug-likeness (QED) is 0.940. The zero-order valence-electron chi connectivity index (χ0n) is 13.6. The lowest BCUT2D eigenvalue weighted by molar-refractivity contribution is -0.117. The molecule has 0 saturated heterocycles. The number of benzene rings is 2. The monoisotopic (exact) mass is 310 g/mol. The Kier molecular flexibility index (Phi) is 4.51. The predicted molar refractivity (Wildman–Crippen MR) is 93.2 cm³/mol. The Morgan fingerprint density at radius 2 is 1.91 bits per heavy atom. The van der Waals surface area contributed by atoms with E-state index in [1.807, 2.05) is 37.3 Å². The zero-order chi connectivity index (χ0) is 16.2. The van der Waals surface area contributed by atoms with Crippen LogP contribution in [0.5, 0.6) is 5.75 Å². The molecule has 0 spiro atoms. The van der Waals surface area contributed by atoms with Gasteiger partial charge in [0.05, 0.1) is 7.11 Å². The fourth-order valence-electron chi connectivity index (χ4n) is 3.03. The molecule has 0 fully saturated rings. The van der Waals surface area contributed by atoms with Gasteiger partial charge in [-0.3, -0.25) is 4.79 Å². The number of carbonyl (C=O) groups is 1. The summed E-state index contributed by atoms with van der Waals surface area (Å²) in [5, 5.41) is 2.98. The van der Waals surface area contributed by atoms with Crippen molar-refractivity contribution in [3.8, 4) is 5.75 Å². The van der Waals surface area contributed by atoms with E-state index in [1.165, 1.54) is 11.3 Å². The van der Waals surface area contributed by atoms with Crippen molar-refractivity contribution in [2.24, 2.45) is 0 Å². The third-order valence-electron chi connectivity index (χ3n) is 4.35. The molecular weight excluding hydrogens is 288 g/mol. The first-order chi connectivity index (χ1) is 11.2. The second-order valence-electron chi connectivity index (χ2n) is 5.82. The maximum absolute atomic E-state index is 12.6. The average Bonchev–Trinajstić information content (AvgIpc) is 2.61. The van der Waals surface area contributed by atoms with Crippen molar-refractivity contribution in [1.82, 2.24) is 0 Å². The molecule has 0 aromatic heterocycles. The molecule has 2 aromatic rings. The van der Waals surface area contributed by atoms with Gasteiger partial charge in [0.25, 0.3) is 0 Å². The van der Waals surface area contributed by atoms with Gasteiger partial charge in [-0.05, 0) is 55.7 Å². The highest BCUT2D eigenvalue weighted by molar-refractivity contribution is 5.96. The molecule has 1 N–H and O–H groups in total. The third kappa shape index (κ3) is 3.31. The molecule has 1 heterocycles. The smallest absolute Gasteiger partial charge is 0.246 e. The summed E-state index contributed by atoms with van der Waals surface area (Å²) >= 11 is 0. The van der Waals surface area contributed by atoms with Crippen LogP contribution in [0.25, 0.3) is 0 Å². The fourth-order valence-corrected chi connectivity index (χ4v) is 3.03. The molecule has 0 unspecified atom stereocenters. The van der Waals surface area contributed by atoms with E-state index < -0.39 is 0 Å². The molecule has 0 saturated carbocycles. The molecule has 0 bridgehead atoms. The van der Waals surface area contributed by atoms with E-state index in [1.54, 1.807) is 7.11 Å². The number of nitrogens with one attached hydrogen (secondary N) is 1. The Labute approximate surface area is 137 Å². The molecular formula is C19H22N2O2. The fraction of sp³-hybridized carbons (Fsp3) is 0.316. The van der Waals surface area contributed by atoms with E-state index in [2.05, 4.69) is 28.4 Å². The number of para-hydroxylation sites is 1. The van der Waals surface area contributed by atoms with Crippen LogP contribution in [0, 0.1) is 0 Å². The number of ether oxygens (including phenoxy) is 1.